The molecule has 0 amide bonds. The van der Waals surface area contributed by atoms with E-state index in [1.54, 1.807) is 24.3 Å². The Morgan fingerprint density at radius 3 is 2.33 bits per heavy atom. The Morgan fingerprint density at radius 2 is 1.67 bits per heavy atom. The average Bonchev–Trinajstić information content (AvgIpc) is 2.46. The Hall–Kier alpha value is -1.75. The maximum absolute atomic E-state index is 11.5. The molecular formula is C16H18N2O2S. The Kier molecular flexibility index (Phi) is 3.53. The second-order valence-corrected chi connectivity index (χ2v) is 7.58. The van der Waals surface area contributed by atoms with Crippen LogP contribution in [-0.2, 0) is 22.7 Å². The molecule has 4 nitrogen and oxygen atoms in total. The first-order chi connectivity index (χ1) is 9.95. The SMILES string of the molecule is Cc1nc(-c2ccc(S(C)(=O)=O)cc2)nc2c1CCCC2. The van der Waals surface area contributed by atoms with E-state index in [9.17, 15) is 8.42 Å². The average molecular weight is 302 g/mol. The van der Waals surface area contributed by atoms with Crippen molar-refractivity contribution in [3.8, 4) is 11.4 Å². The van der Waals surface area contributed by atoms with Gasteiger partial charge in [0.25, 0.3) is 0 Å². The molecule has 0 unspecified atom stereocenters. The first-order valence-electron chi connectivity index (χ1n) is 7.12. The van der Waals surface area contributed by atoms with E-state index < -0.39 is 9.84 Å². The number of hydrogen-bond acceptors (Lipinski definition) is 4. The predicted molar refractivity (Wildman–Crippen MR) is 82.0 cm³/mol. The minimum atomic E-state index is -3.17. The molecule has 110 valence electrons. The second-order valence-electron chi connectivity index (χ2n) is 5.56. The Labute approximate surface area is 125 Å². The maximum atomic E-state index is 11.5. The molecule has 0 fully saturated rings. The zero-order valence-electron chi connectivity index (χ0n) is 12.3. The summed E-state index contributed by atoms with van der Waals surface area (Å²) in [4.78, 5) is 9.58. The highest BCUT2D eigenvalue weighted by atomic mass is 32.2. The van der Waals surface area contributed by atoms with Gasteiger partial charge in [0.05, 0.1) is 4.90 Å². The highest BCUT2D eigenvalue weighted by Crippen LogP contribution is 2.25. The molecule has 21 heavy (non-hydrogen) atoms. The van der Waals surface area contributed by atoms with Crippen LogP contribution in [0.1, 0.15) is 29.8 Å². The zero-order valence-corrected chi connectivity index (χ0v) is 13.1. The summed E-state index contributed by atoms with van der Waals surface area (Å²) in [6, 6.07) is 6.78. The van der Waals surface area contributed by atoms with Crippen LogP contribution in [0.3, 0.4) is 0 Å². The fourth-order valence-electron chi connectivity index (χ4n) is 2.76. The van der Waals surface area contributed by atoms with Gasteiger partial charge in [-0.15, -0.1) is 0 Å². The second kappa shape index (κ2) is 5.22. The summed E-state index contributed by atoms with van der Waals surface area (Å²) in [5.74, 6) is 0.688. The van der Waals surface area contributed by atoms with Crippen molar-refractivity contribution in [3.05, 3.63) is 41.2 Å². The molecule has 0 atom stereocenters. The Balaban J connectivity index is 2.03. The third-order valence-corrected chi connectivity index (χ3v) is 5.06. The van der Waals surface area contributed by atoms with Crippen molar-refractivity contribution in [2.24, 2.45) is 0 Å². The molecule has 0 radical (unpaired) electrons. The van der Waals surface area contributed by atoms with Gasteiger partial charge in [-0.1, -0.05) is 0 Å². The lowest BCUT2D eigenvalue weighted by atomic mass is 9.95. The fraction of sp³-hybridized carbons (Fsp3) is 0.375. The van der Waals surface area contributed by atoms with Crippen LogP contribution in [0.25, 0.3) is 11.4 Å². The number of aromatic nitrogens is 2. The van der Waals surface area contributed by atoms with E-state index in [4.69, 9.17) is 0 Å². The predicted octanol–water partition coefficient (Wildman–Crippen LogP) is 2.73. The van der Waals surface area contributed by atoms with Gasteiger partial charge in [0.2, 0.25) is 0 Å². The quantitative estimate of drug-likeness (QED) is 0.856. The number of hydrogen-bond donors (Lipinski definition) is 0. The van der Waals surface area contributed by atoms with Crippen LogP contribution < -0.4 is 0 Å². The standard InChI is InChI=1S/C16H18N2O2S/c1-11-14-5-3-4-6-15(14)18-16(17-11)12-7-9-13(10-8-12)21(2,19)20/h7-10H,3-6H2,1-2H3. The van der Waals surface area contributed by atoms with Crippen LogP contribution in [-0.4, -0.2) is 24.6 Å². The topological polar surface area (TPSA) is 59.9 Å². The smallest absolute Gasteiger partial charge is 0.175 e. The molecular weight excluding hydrogens is 284 g/mol. The van der Waals surface area contributed by atoms with E-state index in [-0.39, 0.29) is 0 Å². The van der Waals surface area contributed by atoms with Gasteiger partial charge in [-0.3, -0.25) is 0 Å². The molecule has 1 aliphatic carbocycles. The van der Waals surface area contributed by atoms with Crippen molar-refractivity contribution < 1.29 is 8.42 Å². The molecule has 1 aliphatic rings. The molecule has 0 spiro atoms. The van der Waals surface area contributed by atoms with Gasteiger partial charge in [0.1, 0.15) is 0 Å². The van der Waals surface area contributed by atoms with Crippen LogP contribution in [0, 0.1) is 6.92 Å². The number of fused-ring (bicyclic) bond motifs is 1. The first kappa shape index (κ1) is 14.2. The lowest BCUT2D eigenvalue weighted by Crippen LogP contribution is -2.10. The van der Waals surface area contributed by atoms with Gasteiger partial charge in [0.15, 0.2) is 15.7 Å². The third kappa shape index (κ3) is 2.83. The van der Waals surface area contributed by atoms with Crippen LogP contribution in [0.5, 0.6) is 0 Å². The summed E-state index contributed by atoms with van der Waals surface area (Å²) in [6.07, 6.45) is 5.67. The molecule has 1 aromatic carbocycles. The largest absolute Gasteiger partial charge is 0.233 e. The van der Waals surface area contributed by atoms with Crippen molar-refractivity contribution in [1.82, 2.24) is 9.97 Å². The molecule has 3 rings (SSSR count). The molecule has 0 aliphatic heterocycles. The Bertz CT molecular complexity index is 781. The first-order valence-corrected chi connectivity index (χ1v) is 9.01. The van der Waals surface area contributed by atoms with Crippen LogP contribution in [0.4, 0.5) is 0 Å². The van der Waals surface area contributed by atoms with E-state index in [0.717, 1.165) is 29.8 Å². The number of rotatable bonds is 2. The van der Waals surface area contributed by atoms with Gasteiger partial charge in [-0.2, -0.15) is 0 Å². The normalized spacial score (nSPS) is 14.8. The molecule has 1 aromatic heterocycles. The molecule has 5 heteroatoms. The van der Waals surface area contributed by atoms with Crippen molar-refractivity contribution in [3.63, 3.8) is 0 Å². The summed E-state index contributed by atoms with van der Waals surface area (Å²) < 4.78 is 23.0. The molecule has 2 aromatic rings. The van der Waals surface area contributed by atoms with E-state index in [1.807, 2.05) is 6.92 Å². The molecule has 0 saturated carbocycles. The highest BCUT2D eigenvalue weighted by molar-refractivity contribution is 7.90. The number of benzene rings is 1. The van der Waals surface area contributed by atoms with Crippen LogP contribution in [0.15, 0.2) is 29.2 Å². The number of aryl methyl sites for hydroxylation is 2. The van der Waals surface area contributed by atoms with E-state index in [1.165, 1.54) is 24.7 Å². The molecule has 0 N–H and O–H groups in total. The van der Waals surface area contributed by atoms with Gasteiger partial charge < -0.3 is 0 Å². The Morgan fingerprint density at radius 1 is 1.00 bits per heavy atom. The van der Waals surface area contributed by atoms with Crippen LogP contribution >= 0.6 is 0 Å². The zero-order chi connectivity index (χ0) is 15.0. The summed E-state index contributed by atoms with van der Waals surface area (Å²) in [6.45, 7) is 2.03. The monoisotopic (exact) mass is 302 g/mol. The molecule has 1 heterocycles. The summed E-state index contributed by atoms with van der Waals surface area (Å²) >= 11 is 0. The summed E-state index contributed by atoms with van der Waals surface area (Å²) in [5, 5.41) is 0. The summed E-state index contributed by atoms with van der Waals surface area (Å²) in [7, 11) is -3.17. The van der Waals surface area contributed by atoms with Gasteiger partial charge in [0, 0.05) is 23.2 Å². The van der Waals surface area contributed by atoms with Crippen molar-refractivity contribution in [2.45, 2.75) is 37.5 Å². The lowest BCUT2D eigenvalue weighted by molar-refractivity contribution is 0.602. The molecule has 0 saturated heterocycles. The van der Waals surface area contributed by atoms with Crippen molar-refractivity contribution in [1.29, 1.82) is 0 Å². The van der Waals surface area contributed by atoms with Crippen LogP contribution in [0.2, 0.25) is 0 Å². The third-order valence-electron chi connectivity index (χ3n) is 3.93. The highest BCUT2D eigenvalue weighted by Gasteiger charge is 2.16. The maximum Gasteiger partial charge on any atom is 0.175 e. The minimum absolute atomic E-state index is 0.320. The number of nitrogens with zero attached hydrogens (tertiary/aromatic N) is 2. The van der Waals surface area contributed by atoms with Gasteiger partial charge >= 0.3 is 0 Å². The number of sulfone groups is 1. The van der Waals surface area contributed by atoms with Gasteiger partial charge in [-0.05, 0) is 62.4 Å². The lowest BCUT2D eigenvalue weighted by Gasteiger charge is -2.17. The van der Waals surface area contributed by atoms with Gasteiger partial charge in [-0.25, -0.2) is 18.4 Å². The molecule has 0 bridgehead atoms. The minimum Gasteiger partial charge on any atom is -0.233 e. The summed E-state index contributed by atoms with van der Waals surface area (Å²) in [5.41, 5.74) is 4.34. The van der Waals surface area contributed by atoms with Crippen molar-refractivity contribution >= 4 is 9.84 Å². The van der Waals surface area contributed by atoms with E-state index in [0.29, 0.717) is 10.7 Å². The van der Waals surface area contributed by atoms with E-state index >= 15 is 0 Å². The van der Waals surface area contributed by atoms with E-state index in [2.05, 4.69) is 9.97 Å². The fourth-order valence-corrected chi connectivity index (χ4v) is 3.39. The van der Waals surface area contributed by atoms with Crippen molar-refractivity contribution in [2.75, 3.05) is 6.26 Å².